The van der Waals surface area contributed by atoms with Crippen LogP contribution in [0, 0.1) is 47.3 Å². The monoisotopic (exact) mass is 1140 g/mol. The molecule has 444 valence electrons. The van der Waals surface area contributed by atoms with Gasteiger partial charge in [-0.1, -0.05) is 123 Å². The number of nitrogens with one attached hydrogen (secondary N) is 4. The second-order valence-corrected chi connectivity index (χ2v) is 23.8. The van der Waals surface area contributed by atoms with E-state index >= 15 is 0 Å². The highest BCUT2D eigenvalue weighted by molar-refractivity contribution is 7.98. The summed E-state index contributed by atoms with van der Waals surface area (Å²) in [6, 6.07) is 17.1. The van der Waals surface area contributed by atoms with Crippen molar-refractivity contribution in [1.29, 1.82) is 0 Å². The van der Waals surface area contributed by atoms with Gasteiger partial charge >= 0.3 is 0 Å². The Balaban J connectivity index is 0.00000153. The van der Waals surface area contributed by atoms with Gasteiger partial charge in [-0.2, -0.15) is 23.5 Å². The molecule has 0 spiro atoms. The number of hydrogen-bond donors (Lipinski definition) is 5. The van der Waals surface area contributed by atoms with E-state index in [0.717, 1.165) is 35.2 Å². The first-order valence-electron chi connectivity index (χ1n) is 28.0. The summed E-state index contributed by atoms with van der Waals surface area (Å²) in [7, 11) is 0. The summed E-state index contributed by atoms with van der Waals surface area (Å²) in [5.74, 6) is -1.94. The zero-order valence-electron chi connectivity index (χ0n) is 48.5. The Hall–Kier alpha value is -5.00. The molecular formula is C62H99N5O10S2. The highest BCUT2D eigenvalue weighted by Gasteiger charge is 2.32. The summed E-state index contributed by atoms with van der Waals surface area (Å²) in [4.78, 5) is 126. The number of nitrogens with two attached hydrogens (primary N) is 1. The maximum Gasteiger partial charge on any atom is 0.224 e. The Labute approximate surface area is 482 Å². The Morgan fingerprint density at radius 1 is 0.519 bits per heavy atom. The molecule has 7 unspecified atom stereocenters. The van der Waals surface area contributed by atoms with Crippen LogP contribution in [0.3, 0.4) is 0 Å². The lowest BCUT2D eigenvalue weighted by atomic mass is 9.88. The molecule has 2 aromatic carbocycles. The summed E-state index contributed by atoms with van der Waals surface area (Å²) in [6.07, 6.45) is 10.6. The van der Waals surface area contributed by atoms with Crippen LogP contribution in [0.25, 0.3) is 0 Å². The largest absolute Gasteiger partial charge is 0.356 e. The van der Waals surface area contributed by atoms with Crippen LogP contribution >= 0.6 is 23.5 Å². The molecule has 2 aromatic rings. The molecule has 0 radical (unpaired) electrons. The van der Waals surface area contributed by atoms with E-state index in [1.165, 1.54) is 0 Å². The Morgan fingerprint density at radius 3 is 1.28 bits per heavy atom. The molecule has 0 fully saturated rings. The Bertz CT molecular complexity index is 2120. The number of carbonyl (C=O) groups excluding carboxylic acids is 10. The molecule has 7 atom stereocenters. The van der Waals surface area contributed by atoms with E-state index in [9.17, 15) is 47.9 Å². The van der Waals surface area contributed by atoms with Crippen LogP contribution in [0.4, 0.5) is 0 Å². The topological polar surface area (TPSA) is 245 Å². The van der Waals surface area contributed by atoms with E-state index in [4.69, 9.17) is 5.73 Å². The third kappa shape index (κ3) is 32.1. The van der Waals surface area contributed by atoms with Crippen molar-refractivity contribution >= 4 is 82.9 Å². The summed E-state index contributed by atoms with van der Waals surface area (Å²) >= 11 is 3.21. The van der Waals surface area contributed by atoms with Crippen LogP contribution in [0.2, 0.25) is 0 Å². The summed E-state index contributed by atoms with van der Waals surface area (Å²) in [6.45, 7) is 15.9. The number of amides is 4. The van der Waals surface area contributed by atoms with E-state index in [1.54, 1.807) is 23.5 Å². The maximum absolute atomic E-state index is 13.6. The predicted octanol–water partition coefficient (Wildman–Crippen LogP) is 8.79. The number of rotatable bonds is 41. The molecule has 17 heteroatoms. The molecule has 0 aromatic heterocycles. The lowest BCUT2D eigenvalue weighted by molar-refractivity contribution is -0.133. The Morgan fingerprint density at radius 2 is 0.924 bits per heavy atom. The maximum atomic E-state index is 13.6. The van der Waals surface area contributed by atoms with Crippen molar-refractivity contribution < 1.29 is 47.9 Å². The van der Waals surface area contributed by atoms with E-state index < -0.39 is 41.8 Å². The molecule has 0 saturated heterocycles. The van der Waals surface area contributed by atoms with Crippen molar-refractivity contribution in [2.75, 3.05) is 37.1 Å². The summed E-state index contributed by atoms with van der Waals surface area (Å²) in [5, 5.41) is 11.6. The molecule has 0 saturated carbocycles. The number of benzene rings is 2. The van der Waals surface area contributed by atoms with Crippen LogP contribution in [-0.4, -0.2) is 115 Å². The highest BCUT2D eigenvalue weighted by atomic mass is 32.2. The fraction of sp³-hybridized carbons (Fsp3) is 0.645. The lowest BCUT2D eigenvalue weighted by Gasteiger charge is -2.24. The van der Waals surface area contributed by atoms with Crippen molar-refractivity contribution in [3.05, 3.63) is 71.8 Å². The van der Waals surface area contributed by atoms with Gasteiger partial charge < -0.3 is 36.6 Å². The van der Waals surface area contributed by atoms with Crippen molar-refractivity contribution in [1.82, 2.24) is 21.3 Å². The number of thioether (sulfide) groups is 2. The van der Waals surface area contributed by atoms with Crippen LogP contribution in [-0.2, 0) is 60.8 Å². The minimum atomic E-state index is -0.732. The first-order chi connectivity index (χ1) is 37.1. The van der Waals surface area contributed by atoms with Gasteiger partial charge in [0.2, 0.25) is 23.6 Å². The van der Waals surface area contributed by atoms with Crippen LogP contribution in [0.15, 0.2) is 60.7 Å². The third-order valence-corrected chi connectivity index (χ3v) is 14.7. The molecule has 0 heterocycles. The van der Waals surface area contributed by atoms with E-state index in [1.807, 2.05) is 129 Å². The summed E-state index contributed by atoms with van der Waals surface area (Å²) < 4.78 is 0. The molecule has 4 amide bonds. The average molecular weight is 1140 g/mol. The van der Waals surface area contributed by atoms with Crippen LogP contribution in [0.1, 0.15) is 151 Å². The number of ketones is 4. The Kier molecular flexibility index (Phi) is 40.1. The van der Waals surface area contributed by atoms with Gasteiger partial charge in [-0.3, -0.25) is 38.4 Å². The number of unbranched alkanes of at least 4 members (excludes halogenated alkanes) is 1. The standard InChI is InChI=1S/C32H51N3O5S.C29H44N2O5S.CH4/c1-22(2)19-28(35-32(40)25(14-17-36)15-18-41-5)29(37)21-26(20-24-11-7-6-8-12-24)31(39)34-16-10-9-13-27(33)30(38)23(3)4;1-20(2)17-25(31-29(36)23(12-15-32)13-16-37-5)27(34)19-24(18-22-9-7-6-8-10-22)28(35)30-14-11-26(33)21(3)4;/h6-8,11-12,17,22-23,25-28H,9-10,13-16,18-21,33H2,1-5H3,(H,34,39)(H,35,40);6-10,15,20-21,23-25H,11-14,16-19H2,1-5H3,(H,30,35)(H,31,36);1H4. The van der Waals surface area contributed by atoms with Crippen LogP contribution in [0.5, 0.6) is 0 Å². The van der Waals surface area contributed by atoms with Crippen molar-refractivity contribution in [2.24, 2.45) is 53.1 Å². The van der Waals surface area contributed by atoms with E-state index in [-0.39, 0.29) is 117 Å². The first kappa shape index (κ1) is 74.0. The number of carbonyl (C=O) groups is 10. The van der Waals surface area contributed by atoms with Gasteiger partial charge in [-0.15, -0.1) is 0 Å². The van der Waals surface area contributed by atoms with Gasteiger partial charge in [0.25, 0.3) is 0 Å². The fourth-order valence-corrected chi connectivity index (χ4v) is 9.81. The quantitative estimate of drug-likeness (QED) is 0.0309. The minimum Gasteiger partial charge on any atom is -0.356 e. The lowest BCUT2D eigenvalue weighted by Crippen LogP contribution is -2.46. The molecule has 15 nitrogen and oxygen atoms in total. The van der Waals surface area contributed by atoms with Crippen molar-refractivity contribution in [3.63, 3.8) is 0 Å². The van der Waals surface area contributed by atoms with Gasteiger partial charge in [0.15, 0.2) is 17.3 Å². The van der Waals surface area contributed by atoms with Gasteiger partial charge in [0.1, 0.15) is 18.4 Å². The fourth-order valence-electron chi connectivity index (χ4n) is 8.77. The molecule has 0 aliphatic carbocycles. The van der Waals surface area contributed by atoms with Crippen molar-refractivity contribution in [2.45, 2.75) is 171 Å². The van der Waals surface area contributed by atoms with Gasteiger partial charge in [-0.05, 0) is 105 Å². The van der Waals surface area contributed by atoms with E-state index in [0.29, 0.717) is 64.3 Å². The molecule has 2 rings (SSSR count). The second kappa shape index (κ2) is 42.8. The number of hydrogen-bond acceptors (Lipinski definition) is 13. The predicted molar refractivity (Wildman–Crippen MR) is 323 cm³/mol. The second-order valence-electron chi connectivity index (χ2n) is 21.9. The molecule has 79 heavy (non-hydrogen) atoms. The smallest absolute Gasteiger partial charge is 0.224 e. The molecular weight excluding hydrogens is 1040 g/mol. The average Bonchev–Trinajstić information content (AvgIpc) is 3.40. The number of Topliss-reactive ketones (excluding diaryl/α,β-unsaturated/α-hetero) is 4. The number of aldehydes is 2. The molecule has 0 aliphatic heterocycles. The normalized spacial score (nSPS) is 13.8. The zero-order valence-corrected chi connectivity index (χ0v) is 50.1. The SMILES string of the molecule is C.CSCCC(CC=O)C(=O)NC(CC(C)C)C(=O)CC(Cc1ccccc1)C(=O)NCCC(=O)C(C)C.CSCCC(CC=O)C(=O)NC(CC(C)C)C(=O)CC(Cc1ccccc1)C(=O)NCCCCC(N)C(=O)C(C)C. The summed E-state index contributed by atoms with van der Waals surface area (Å²) in [5.41, 5.74) is 7.86. The van der Waals surface area contributed by atoms with Crippen molar-refractivity contribution in [3.8, 4) is 0 Å². The molecule has 6 N–H and O–H groups in total. The van der Waals surface area contributed by atoms with Gasteiger partial charge in [0, 0.05) is 80.7 Å². The molecule has 0 aliphatic rings. The van der Waals surface area contributed by atoms with Crippen LogP contribution < -0.4 is 27.0 Å². The molecule has 0 bridgehead atoms. The minimum absolute atomic E-state index is 0. The van der Waals surface area contributed by atoms with E-state index in [2.05, 4.69) is 21.3 Å². The zero-order chi connectivity index (χ0) is 58.6. The van der Waals surface area contributed by atoms with Gasteiger partial charge in [-0.25, -0.2) is 0 Å². The third-order valence-electron chi connectivity index (χ3n) is 13.4. The van der Waals surface area contributed by atoms with Gasteiger partial charge in [0.05, 0.1) is 18.1 Å². The highest BCUT2D eigenvalue weighted by Crippen LogP contribution is 2.21. The first-order valence-corrected chi connectivity index (χ1v) is 30.8.